The number of nitrogens with one attached hydrogen (secondary N) is 1. The number of rotatable bonds is 10. The maximum Gasteiger partial charge on any atom is 0.203 e. The van der Waals surface area contributed by atoms with Crippen molar-refractivity contribution in [3.63, 3.8) is 0 Å². The van der Waals surface area contributed by atoms with Crippen molar-refractivity contribution in [1.29, 1.82) is 0 Å². The predicted octanol–water partition coefficient (Wildman–Crippen LogP) is 4.05. The van der Waals surface area contributed by atoms with Crippen molar-refractivity contribution in [2.45, 2.75) is 33.7 Å². The third kappa shape index (κ3) is 4.99. The molecule has 0 aliphatic carbocycles. The molecule has 5 heteroatoms. The van der Waals surface area contributed by atoms with Crippen LogP contribution in [-0.2, 0) is 11.3 Å². The zero-order valence-corrected chi connectivity index (χ0v) is 15.2. The van der Waals surface area contributed by atoms with Crippen LogP contribution in [0.2, 0.25) is 0 Å². The summed E-state index contributed by atoms with van der Waals surface area (Å²) in [6.07, 6.45) is 3.04. The number of hydrogen-bond donors (Lipinski definition) is 1. The van der Waals surface area contributed by atoms with Crippen LogP contribution in [0.1, 0.15) is 27.2 Å². The minimum absolute atomic E-state index is 0.652. The van der Waals surface area contributed by atoms with E-state index in [9.17, 15) is 0 Å². The van der Waals surface area contributed by atoms with Crippen LogP contribution in [0.5, 0.6) is 5.75 Å². The van der Waals surface area contributed by atoms with Gasteiger partial charge in [0.15, 0.2) is 0 Å². The molecule has 2 aromatic rings. The lowest BCUT2D eigenvalue weighted by atomic mass is 10.1. The Hall–Kier alpha value is -2.01. The normalized spacial score (nSPS) is 11.0. The van der Waals surface area contributed by atoms with E-state index in [1.165, 1.54) is 0 Å². The fourth-order valence-electron chi connectivity index (χ4n) is 2.52. The molecule has 0 spiro atoms. The summed E-state index contributed by atoms with van der Waals surface area (Å²) in [7, 11) is 1.72. The van der Waals surface area contributed by atoms with Gasteiger partial charge >= 0.3 is 0 Å². The van der Waals surface area contributed by atoms with Crippen molar-refractivity contribution in [3.8, 4) is 17.0 Å². The summed E-state index contributed by atoms with van der Waals surface area (Å²) in [6, 6.07) is 8.14. The van der Waals surface area contributed by atoms with Gasteiger partial charge in [0, 0.05) is 25.8 Å². The molecular weight excluding hydrogens is 302 g/mol. The molecule has 0 radical (unpaired) electrons. The third-order valence-electron chi connectivity index (χ3n) is 3.84. The molecule has 1 aromatic carbocycles. The summed E-state index contributed by atoms with van der Waals surface area (Å²) in [6.45, 7) is 9.46. The SMILES string of the molecule is CCOc1ccc(-c2cnc(NCCC(C)C)n2CCOC)cc1. The van der Waals surface area contributed by atoms with Crippen LogP contribution in [0.25, 0.3) is 11.3 Å². The lowest BCUT2D eigenvalue weighted by molar-refractivity contribution is 0.188. The van der Waals surface area contributed by atoms with Crippen molar-refractivity contribution in [1.82, 2.24) is 9.55 Å². The Morgan fingerprint density at radius 2 is 1.96 bits per heavy atom. The second-order valence-electron chi connectivity index (χ2n) is 6.18. The highest BCUT2D eigenvalue weighted by Crippen LogP contribution is 2.25. The van der Waals surface area contributed by atoms with Crippen LogP contribution < -0.4 is 10.1 Å². The Morgan fingerprint density at radius 1 is 1.21 bits per heavy atom. The number of nitrogens with zero attached hydrogens (tertiary/aromatic N) is 2. The maximum atomic E-state index is 5.52. The molecule has 0 saturated carbocycles. The summed E-state index contributed by atoms with van der Waals surface area (Å²) < 4.78 is 13.0. The zero-order valence-electron chi connectivity index (χ0n) is 15.2. The van der Waals surface area contributed by atoms with Gasteiger partial charge in [0.05, 0.1) is 25.1 Å². The molecule has 0 aliphatic heterocycles. The Bertz CT molecular complexity index is 606. The third-order valence-corrected chi connectivity index (χ3v) is 3.84. The molecule has 0 amide bonds. The summed E-state index contributed by atoms with van der Waals surface area (Å²) in [5, 5.41) is 3.45. The summed E-state index contributed by atoms with van der Waals surface area (Å²) >= 11 is 0. The van der Waals surface area contributed by atoms with E-state index in [2.05, 4.69) is 40.8 Å². The van der Waals surface area contributed by atoms with Gasteiger partial charge in [-0.2, -0.15) is 0 Å². The number of aromatic nitrogens is 2. The first-order chi connectivity index (χ1) is 11.7. The lowest BCUT2D eigenvalue weighted by Gasteiger charge is -2.14. The number of methoxy groups -OCH3 is 1. The topological polar surface area (TPSA) is 48.3 Å². The van der Waals surface area contributed by atoms with E-state index in [1.54, 1.807) is 7.11 Å². The van der Waals surface area contributed by atoms with Crippen molar-refractivity contribution in [3.05, 3.63) is 30.5 Å². The van der Waals surface area contributed by atoms with Gasteiger partial charge in [0.25, 0.3) is 0 Å². The van der Waals surface area contributed by atoms with Gasteiger partial charge in [0.1, 0.15) is 5.75 Å². The average molecular weight is 331 g/mol. The number of hydrogen-bond acceptors (Lipinski definition) is 4. The quantitative estimate of drug-likeness (QED) is 0.713. The monoisotopic (exact) mass is 331 g/mol. The molecule has 1 heterocycles. The van der Waals surface area contributed by atoms with E-state index in [-0.39, 0.29) is 0 Å². The van der Waals surface area contributed by atoms with Gasteiger partial charge in [-0.15, -0.1) is 0 Å². The molecule has 0 atom stereocenters. The molecular formula is C19H29N3O2. The molecule has 5 nitrogen and oxygen atoms in total. The van der Waals surface area contributed by atoms with E-state index >= 15 is 0 Å². The number of imidazole rings is 1. The van der Waals surface area contributed by atoms with E-state index in [0.717, 1.165) is 42.5 Å². The maximum absolute atomic E-state index is 5.52. The first-order valence-electron chi connectivity index (χ1n) is 8.67. The second kappa shape index (κ2) is 9.33. The highest BCUT2D eigenvalue weighted by atomic mass is 16.5. The molecule has 0 bridgehead atoms. The zero-order chi connectivity index (χ0) is 17.4. The van der Waals surface area contributed by atoms with Gasteiger partial charge in [-0.3, -0.25) is 0 Å². The molecule has 24 heavy (non-hydrogen) atoms. The Kier molecular flexibility index (Phi) is 7.12. The predicted molar refractivity (Wildman–Crippen MR) is 98.7 cm³/mol. The molecule has 1 aromatic heterocycles. The van der Waals surface area contributed by atoms with E-state index in [1.807, 2.05) is 25.3 Å². The summed E-state index contributed by atoms with van der Waals surface area (Å²) in [5.74, 6) is 2.46. The Morgan fingerprint density at radius 3 is 2.58 bits per heavy atom. The molecule has 0 saturated heterocycles. The number of anilines is 1. The molecule has 0 aliphatic rings. The van der Waals surface area contributed by atoms with E-state index in [0.29, 0.717) is 19.1 Å². The fraction of sp³-hybridized carbons (Fsp3) is 0.526. The van der Waals surface area contributed by atoms with Gasteiger partial charge < -0.3 is 19.4 Å². The summed E-state index contributed by atoms with van der Waals surface area (Å²) in [5.41, 5.74) is 2.21. The number of benzene rings is 1. The minimum Gasteiger partial charge on any atom is -0.494 e. The van der Waals surface area contributed by atoms with Crippen LogP contribution in [0.4, 0.5) is 5.95 Å². The van der Waals surface area contributed by atoms with Gasteiger partial charge in [-0.1, -0.05) is 13.8 Å². The van der Waals surface area contributed by atoms with Crippen molar-refractivity contribution in [2.24, 2.45) is 5.92 Å². The molecule has 1 N–H and O–H groups in total. The highest BCUT2D eigenvalue weighted by molar-refractivity contribution is 5.62. The Balaban J connectivity index is 2.19. The van der Waals surface area contributed by atoms with Crippen LogP contribution in [0.3, 0.4) is 0 Å². The highest BCUT2D eigenvalue weighted by Gasteiger charge is 2.12. The first kappa shape index (κ1) is 18.3. The van der Waals surface area contributed by atoms with Crippen molar-refractivity contribution < 1.29 is 9.47 Å². The summed E-state index contributed by atoms with van der Waals surface area (Å²) in [4.78, 5) is 4.57. The molecule has 132 valence electrons. The number of ether oxygens (including phenoxy) is 2. The van der Waals surface area contributed by atoms with Crippen molar-refractivity contribution >= 4 is 5.95 Å². The van der Waals surface area contributed by atoms with Gasteiger partial charge in [-0.05, 0) is 43.5 Å². The Labute approximate surface area is 145 Å². The van der Waals surface area contributed by atoms with Crippen molar-refractivity contribution in [2.75, 3.05) is 32.2 Å². The van der Waals surface area contributed by atoms with E-state index < -0.39 is 0 Å². The molecule has 0 fully saturated rings. The molecule has 2 rings (SSSR count). The van der Waals surface area contributed by atoms with Crippen LogP contribution >= 0.6 is 0 Å². The smallest absolute Gasteiger partial charge is 0.203 e. The second-order valence-corrected chi connectivity index (χ2v) is 6.18. The van der Waals surface area contributed by atoms with Crippen LogP contribution in [-0.4, -0.2) is 36.4 Å². The molecule has 0 unspecified atom stereocenters. The lowest BCUT2D eigenvalue weighted by Crippen LogP contribution is -2.13. The van der Waals surface area contributed by atoms with Crippen LogP contribution in [0.15, 0.2) is 30.5 Å². The standard InChI is InChI=1S/C19H29N3O2/c1-5-24-17-8-6-16(7-9-17)18-14-21-19(20-11-10-15(2)3)22(18)12-13-23-4/h6-9,14-15H,5,10-13H2,1-4H3,(H,20,21). The average Bonchev–Trinajstić information content (AvgIpc) is 2.96. The van der Waals surface area contributed by atoms with Crippen LogP contribution in [0, 0.1) is 5.92 Å². The minimum atomic E-state index is 0.652. The van der Waals surface area contributed by atoms with E-state index in [4.69, 9.17) is 9.47 Å². The van der Waals surface area contributed by atoms with Gasteiger partial charge in [-0.25, -0.2) is 4.98 Å². The fourth-order valence-corrected chi connectivity index (χ4v) is 2.52. The largest absolute Gasteiger partial charge is 0.494 e. The van der Waals surface area contributed by atoms with Gasteiger partial charge in [0.2, 0.25) is 5.95 Å². The first-order valence-corrected chi connectivity index (χ1v) is 8.67.